The number of carbonyl (C=O) groups is 1. The molecule has 0 fully saturated rings. The second-order valence-electron chi connectivity index (χ2n) is 17.9. The van der Waals surface area contributed by atoms with Gasteiger partial charge in [0.2, 0.25) is 0 Å². The third-order valence-corrected chi connectivity index (χ3v) is 9.64. The Hall–Kier alpha value is -2.95. The topological polar surface area (TPSA) is 76.0 Å². The molecular formula is C45H64IrN3O2-. The second-order valence-corrected chi connectivity index (χ2v) is 17.9. The van der Waals surface area contributed by atoms with E-state index in [0.717, 1.165) is 45.2 Å². The summed E-state index contributed by atoms with van der Waals surface area (Å²) in [6.07, 6.45) is 4.19. The summed E-state index contributed by atoms with van der Waals surface area (Å²) < 4.78 is 0. The summed E-state index contributed by atoms with van der Waals surface area (Å²) in [5, 5.41) is 12.4. The van der Waals surface area contributed by atoms with Crippen LogP contribution in [0.4, 0.5) is 0 Å². The zero-order valence-electron chi connectivity index (χ0n) is 34.2. The molecule has 0 amide bonds. The number of allylic oxidation sites excluding steroid dienone is 2. The summed E-state index contributed by atoms with van der Waals surface area (Å²) in [5.41, 5.74) is 9.00. The molecule has 2 aromatic carbocycles. The minimum absolute atomic E-state index is 0. The van der Waals surface area contributed by atoms with Crippen LogP contribution in [0.2, 0.25) is 0 Å². The van der Waals surface area contributed by atoms with E-state index in [4.69, 9.17) is 9.97 Å². The fourth-order valence-electron chi connectivity index (χ4n) is 7.46. The number of hydrogen-bond donors (Lipinski definition) is 1. The summed E-state index contributed by atoms with van der Waals surface area (Å²) in [7, 11) is 0. The minimum Gasteiger partial charge on any atom is -0.512 e. The SMILES string of the molecule is CC(C)C(C(=O)/C=C(\O)C(C(C)C)C(C)C)C(C)C.Cc1ccc2[c-]c(-c3ncnc4c(C)c(CC(C)(C)C)ccc34)cc(C(C)(C)C)c2n1.[Ir]. The van der Waals surface area contributed by atoms with Gasteiger partial charge in [-0.05, 0) is 71.3 Å². The van der Waals surface area contributed by atoms with Crippen molar-refractivity contribution >= 4 is 27.6 Å². The first-order valence-electron chi connectivity index (χ1n) is 18.6. The maximum absolute atomic E-state index is 12.3. The zero-order chi connectivity index (χ0) is 37.9. The quantitative estimate of drug-likeness (QED) is 0.103. The van der Waals surface area contributed by atoms with Gasteiger partial charge in [0.15, 0.2) is 5.78 Å². The Kier molecular flexibility index (Phi) is 15.4. The molecule has 0 aliphatic rings. The first-order chi connectivity index (χ1) is 23.0. The number of carbonyl (C=O) groups excluding carboxylic acids is 1. The van der Waals surface area contributed by atoms with Gasteiger partial charge in [-0.25, -0.2) is 4.98 Å². The van der Waals surface area contributed by atoms with Crippen molar-refractivity contribution in [3.63, 3.8) is 0 Å². The monoisotopic (exact) mass is 871 g/mol. The average molecular weight is 871 g/mol. The van der Waals surface area contributed by atoms with E-state index < -0.39 is 0 Å². The van der Waals surface area contributed by atoms with Crippen molar-refractivity contribution in [3.8, 4) is 11.3 Å². The minimum atomic E-state index is -0.0402. The van der Waals surface area contributed by atoms with E-state index in [1.54, 1.807) is 6.33 Å². The van der Waals surface area contributed by atoms with Crippen LogP contribution in [0.15, 0.2) is 48.5 Å². The number of aliphatic hydroxyl groups excluding tert-OH is 1. The van der Waals surface area contributed by atoms with Crippen molar-refractivity contribution in [2.24, 2.45) is 40.9 Å². The Morgan fingerprint density at radius 1 is 0.804 bits per heavy atom. The standard InChI is InChI=1S/C28H32N3.C17H32O2.Ir/c1-17-9-10-19-13-21(14-23(26(19)31-17)28(6,7)8)25-22-12-11-20(15-27(3,4)5)18(2)24(22)29-16-30-25;1-10(2)16(11(3)4)14(18)9-15(19)17(12(5)6)13(7)8;/h9-12,14,16H,15H2,1-8H3;9-13,16-18H,1-8H3;/q-1;;/b;14-9-;. The summed E-state index contributed by atoms with van der Waals surface area (Å²) in [6.45, 7) is 34.3. The molecule has 51 heavy (non-hydrogen) atoms. The third-order valence-electron chi connectivity index (χ3n) is 9.64. The summed E-state index contributed by atoms with van der Waals surface area (Å²) in [4.78, 5) is 26.6. The predicted molar refractivity (Wildman–Crippen MR) is 212 cm³/mol. The van der Waals surface area contributed by atoms with Crippen molar-refractivity contribution in [1.82, 2.24) is 15.0 Å². The molecule has 1 N–H and O–H groups in total. The van der Waals surface area contributed by atoms with Crippen LogP contribution in [-0.4, -0.2) is 25.8 Å². The normalized spacial score (nSPS) is 12.8. The Balaban J connectivity index is 0.000000392. The average Bonchev–Trinajstić information content (AvgIpc) is 2.96. The molecule has 6 heteroatoms. The Morgan fingerprint density at radius 3 is 1.88 bits per heavy atom. The van der Waals surface area contributed by atoms with Gasteiger partial charge in [-0.3, -0.25) is 14.8 Å². The maximum Gasteiger partial charge on any atom is 0.162 e. The summed E-state index contributed by atoms with van der Waals surface area (Å²) >= 11 is 0. The number of hydrogen-bond acceptors (Lipinski definition) is 5. The van der Waals surface area contributed by atoms with Crippen LogP contribution in [0.3, 0.4) is 0 Å². The molecule has 0 saturated heterocycles. The van der Waals surface area contributed by atoms with Crippen LogP contribution in [0, 0.1) is 60.8 Å². The summed E-state index contributed by atoms with van der Waals surface area (Å²) in [6, 6.07) is 14.4. The van der Waals surface area contributed by atoms with Crippen molar-refractivity contribution in [2.45, 2.75) is 123 Å². The van der Waals surface area contributed by atoms with Gasteiger partial charge in [-0.2, -0.15) is 0 Å². The van der Waals surface area contributed by atoms with Gasteiger partial charge in [-0.15, -0.1) is 18.2 Å². The number of aliphatic hydroxyl groups is 1. The molecule has 0 saturated carbocycles. The third kappa shape index (κ3) is 11.3. The molecule has 2 heterocycles. The molecule has 0 unspecified atom stereocenters. The zero-order valence-corrected chi connectivity index (χ0v) is 36.6. The van der Waals surface area contributed by atoms with E-state index in [1.165, 1.54) is 22.8 Å². The van der Waals surface area contributed by atoms with E-state index in [1.807, 2.05) is 6.92 Å². The van der Waals surface area contributed by atoms with Crippen molar-refractivity contribution in [3.05, 3.63) is 76.9 Å². The van der Waals surface area contributed by atoms with Crippen LogP contribution in [0.5, 0.6) is 0 Å². The fraction of sp³-hybridized carbons (Fsp3) is 0.556. The van der Waals surface area contributed by atoms with Gasteiger partial charge in [0.25, 0.3) is 0 Å². The first kappa shape index (κ1) is 44.2. The number of aryl methyl sites for hydroxylation is 2. The molecule has 4 aromatic rings. The van der Waals surface area contributed by atoms with E-state index in [-0.39, 0.29) is 54.3 Å². The van der Waals surface area contributed by atoms with Crippen molar-refractivity contribution < 1.29 is 30.0 Å². The molecular weight excluding hydrogens is 807 g/mol. The number of fused-ring (bicyclic) bond motifs is 2. The van der Waals surface area contributed by atoms with Gasteiger partial charge in [-0.1, -0.05) is 132 Å². The number of pyridine rings is 1. The molecule has 281 valence electrons. The van der Waals surface area contributed by atoms with Crippen molar-refractivity contribution in [1.29, 1.82) is 0 Å². The van der Waals surface area contributed by atoms with Crippen LogP contribution in [-0.2, 0) is 36.7 Å². The van der Waals surface area contributed by atoms with Crippen molar-refractivity contribution in [2.75, 3.05) is 0 Å². The second kappa shape index (κ2) is 17.7. The number of nitrogens with zero attached hydrogens (tertiary/aromatic N) is 3. The van der Waals surface area contributed by atoms with Crippen LogP contribution in [0.25, 0.3) is 33.1 Å². The Morgan fingerprint density at radius 2 is 1.37 bits per heavy atom. The van der Waals surface area contributed by atoms with Gasteiger partial charge >= 0.3 is 0 Å². The molecule has 1 radical (unpaired) electrons. The number of ketones is 1. The maximum atomic E-state index is 12.3. The number of aromatic nitrogens is 3. The smallest absolute Gasteiger partial charge is 0.162 e. The van der Waals surface area contributed by atoms with Gasteiger partial charge in [0.05, 0.1) is 11.3 Å². The van der Waals surface area contributed by atoms with Crippen LogP contribution >= 0.6 is 0 Å². The fourth-order valence-corrected chi connectivity index (χ4v) is 7.46. The number of benzene rings is 2. The van der Waals surface area contributed by atoms with Crippen LogP contribution < -0.4 is 0 Å². The largest absolute Gasteiger partial charge is 0.512 e. The molecule has 2 aromatic heterocycles. The van der Waals surface area contributed by atoms with E-state index in [0.29, 0.717) is 23.7 Å². The van der Waals surface area contributed by atoms with Gasteiger partial charge in [0, 0.05) is 54.9 Å². The molecule has 0 aliphatic heterocycles. The van der Waals surface area contributed by atoms with Crippen LogP contribution in [0.1, 0.15) is 119 Å². The molecule has 0 aliphatic carbocycles. The summed E-state index contributed by atoms with van der Waals surface area (Å²) in [5.74, 6) is 1.63. The molecule has 5 nitrogen and oxygen atoms in total. The molecule has 4 rings (SSSR count). The van der Waals surface area contributed by atoms with E-state index >= 15 is 0 Å². The molecule has 0 bridgehead atoms. The number of rotatable bonds is 9. The van der Waals surface area contributed by atoms with E-state index in [2.05, 4.69) is 145 Å². The first-order valence-corrected chi connectivity index (χ1v) is 18.6. The molecule has 0 atom stereocenters. The molecule has 0 spiro atoms. The van der Waals surface area contributed by atoms with E-state index in [9.17, 15) is 9.90 Å². The predicted octanol–water partition coefficient (Wildman–Crippen LogP) is 12.0. The Bertz CT molecular complexity index is 1810. The Labute approximate surface area is 322 Å². The van der Waals surface area contributed by atoms with Gasteiger partial charge in [0.1, 0.15) is 6.33 Å². The van der Waals surface area contributed by atoms with Gasteiger partial charge < -0.3 is 5.11 Å².